The zero-order valence-corrected chi connectivity index (χ0v) is 12.9. The molecule has 2 rings (SSSR count). The van der Waals surface area contributed by atoms with E-state index in [1.807, 2.05) is 30.3 Å². The van der Waals surface area contributed by atoms with E-state index < -0.39 is 23.9 Å². The van der Waals surface area contributed by atoms with E-state index in [1.54, 1.807) is 6.92 Å². The van der Waals surface area contributed by atoms with Gasteiger partial charge >= 0.3 is 17.8 Å². The van der Waals surface area contributed by atoms with Gasteiger partial charge in [0.2, 0.25) is 0 Å². The van der Waals surface area contributed by atoms with Crippen LogP contribution in [-0.2, 0) is 20.8 Å². The molecule has 0 saturated carbocycles. The third-order valence-corrected chi connectivity index (χ3v) is 3.71. The molecule has 0 unspecified atom stereocenters. The molecule has 1 aromatic rings. The summed E-state index contributed by atoms with van der Waals surface area (Å²) in [4.78, 5) is 49.3. The summed E-state index contributed by atoms with van der Waals surface area (Å²) in [6, 6.07) is 7.75. The van der Waals surface area contributed by atoms with Crippen molar-refractivity contribution in [2.45, 2.75) is 19.4 Å². The number of carbonyl (C=O) groups is 4. The molecule has 1 aromatic carbocycles. The molecular formula is C16H19N3O4. The number of rotatable bonds is 5. The molecule has 1 N–H and O–H groups in total. The fourth-order valence-electron chi connectivity index (χ4n) is 2.41. The Hall–Kier alpha value is -2.70. The van der Waals surface area contributed by atoms with Gasteiger partial charge in [-0.25, -0.2) is 4.79 Å². The summed E-state index contributed by atoms with van der Waals surface area (Å²) in [5.41, 5.74) is 0.892. The van der Waals surface area contributed by atoms with Gasteiger partial charge in [-0.3, -0.25) is 14.5 Å². The molecule has 23 heavy (non-hydrogen) atoms. The maximum absolute atomic E-state index is 12.2. The highest BCUT2D eigenvalue weighted by atomic mass is 16.2. The normalized spacial score (nSPS) is 16.2. The summed E-state index contributed by atoms with van der Waals surface area (Å²) in [6.45, 7) is 2.62. The van der Waals surface area contributed by atoms with Gasteiger partial charge in [0.05, 0.1) is 6.04 Å². The van der Waals surface area contributed by atoms with Gasteiger partial charge in [-0.15, -0.1) is 0 Å². The molecule has 1 fully saturated rings. The number of benzene rings is 1. The molecule has 1 aliphatic heterocycles. The van der Waals surface area contributed by atoms with E-state index in [4.69, 9.17) is 0 Å². The average Bonchev–Trinajstić information content (AvgIpc) is 2.57. The zero-order valence-electron chi connectivity index (χ0n) is 12.9. The molecular weight excluding hydrogens is 298 g/mol. The maximum Gasteiger partial charge on any atom is 0.325 e. The van der Waals surface area contributed by atoms with Crippen LogP contribution in [0.1, 0.15) is 12.5 Å². The SMILES string of the molecule is CCN1CCN(C(=O)N[C@@H](C=O)Cc2ccccc2)C(=O)C1=O. The predicted octanol–water partition coefficient (Wildman–Crippen LogP) is 0.197. The van der Waals surface area contributed by atoms with Crippen LogP contribution in [0.3, 0.4) is 0 Å². The molecule has 0 bridgehead atoms. The number of likely N-dealkylation sites (N-methyl/N-ethyl adjacent to an activating group) is 1. The van der Waals surface area contributed by atoms with Crippen LogP contribution in [0.25, 0.3) is 0 Å². The first kappa shape index (κ1) is 16.7. The van der Waals surface area contributed by atoms with E-state index in [-0.39, 0.29) is 6.54 Å². The Balaban J connectivity index is 1.98. The number of nitrogens with one attached hydrogen (secondary N) is 1. The summed E-state index contributed by atoms with van der Waals surface area (Å²) >= 11 is 0. The summed E-state index contributed by atoms with van der Waals surface area (Å²) in [5.74, 6) is -1.56. The van der Waals surface area contributed by atoms with Crippen LogP contribution >= 0.6 is 0 Å². The Kier molecular flexibility index (Phi) is 5.46. The Bertz CT molecular complexity index is 603. The van der Waals surface area contributed by atoms with E-state index in [0.717, 1.165) is 10.5 Å². The number of urea groups is 1. The zero-order chi connectivity index (χ0) is 16.8. The van der Waals surface area contributed by atoms with Crippen molar-refractivity contribution in [1.29, 1.82) is 0 Å². The van der Waals surface area contributed by atoms with Crippen molar-refractivity contribution >= 4 is 24.1 Å². The van der Waals surface area contributed by atoms with Crippen LogP contribution < -0.4 is 5.32 Å². The van der Waals surface area contributed by atoms with Crippen molar-refractivity contribution in [3.8, 4) is 0 Å². The van der Waals surface area contributed by atoms with Crippen molar-refractivity contribution in [1.82, 2.24) is 15.1 Å². The molecule has 7 nitrogen and oxygen atoms in total. The van der Waals surface area contributed by atoms with Gasteiger partial charge < -0.3 is 15.0 Å². The molecule has 1 heterocycles. The summed E-state index contributed by atoms with van der Waals surface area (Å²) in [5, 5.41) is 2.50. The fourth-order valence-corrected chi connectivity index (χ4v) is 2.41. The van der Waals surface area contributed by atoms with Crippen molar-refractivity contribution < 1.29 is 19.2 Å². The number of piperazine rings is 1. The van der Waals surface area contributed by atoms with E-state index in [0.29, 0.717) is 25.8 Å². The van der Waals surface area contributed by atoms with Gasteiger partial charge in [0.25, 0.3) is 0 Å². The van der Waals surface area contributed by atoms with Crippen molar-refractivity contribution in [2.75, 3.05) is 19.6 Å². The number of nitrogens with zero attached hydrogens (tertiary/aromatic N) is 2. The summed E-state index contributed by atoms with van der Waals surface area (Å²) in [7, 11) is 0. The molecule has 1 saturated heterocycles. The quantitative estimate of drug-likeness (QED) is 0.621. The lowest BCUT2D eigenvalue weighted by molar-refractivity contribution is -0.153. The number of hydrogen-bond donors (Lipinski definition) is 1. The maximum atomic E-state index is 12.2. The van der Waals surface area contributed by atoms with Crippen molar-refractivity contribution in [3.05, 3.63) is 35.9 Å². The van der Waals surface area contributed by atoms with Crippen LogP contribution in [0, 0.1) is 0 Å². The van der Waals surface area contributed by atoms with E-state index in [2.05, 4.69) is 5.32 Å². The third kappa shape index (κ3) is 3.94. The smallest absolute Gasteiger partial charge is 0.325 e. The minimum absolute atomic E-state index is 0.126. The number of amides is 4. The standard InChI is InChI=1S/C16H19N3O4/c1-2-18-8-9-19(15(22)14(18)21)16(23)17-13(11-20)10-12-6-4-3-5-7-12/h3-7,11,13H,2,8-10H2,1H3,(H,17,23)/t13-/m1/s1. The van der Waals surface area contributed by atoms with Gasteiger partial charge in [-0.1, -0.05) is 30.3 Å². The van der Waals surface area contributed by atoms with Gasteiger partial charge in [0, 0.05) is 19.6 Å². The second kappa shape index (κ2) is 7.53. The Labute approximate surface area is 134 Å². The monoisotopic (exact) mass is 317 g/mol. The number of hydrogen-bond acceptors (Lipinski definition) is 4. The van der Waals surface area contributed by atoms with E-state index >= 15 is 0 Å². The van der Waals surface area contributed by atoms with Crippen LogP contribution in [-0.4, -0.2) is 59.6 Å². The fraction of sp³-hybridized carbons (Fsp3) is 0.375. The van der Waals surface area contributed by atoms with E-state index in [1.165, 1.54) is 4.90 Å². The molecule has 122 valence electrons. The lowest BCUT2D eigenvalue weighted by Crippen LogP contribution is -2.59. The van der Waals surface area contributed by atoms with Crippen LogP contribution in [0.4, 0.5) is 4.79 Å². The Morgan fingerprint density at radius 1 is 1.22 bits per heavy atom. The highest BCUT2D eigenvalue weighted by Gasteiger charge is 2.35. The number of imide groups is 1. The third-order valence-electron chi connectivity index (χ3n) is 3.71. The molecule has 1 aliphatic rings. The highest BCUT2D eigenvalue weighted by molar-refractivity contribution is 6.38. The van der Waals surface area contributed by atoms with Gasteiger partial charge in [0.15, 0.2) is 0 Å². The summed E-state index contributed by atoms with van der Waals surface area (Å²) < 4.78 is 0. The van der Waals surface area contributed by atoms with Crippen molar-refractivity contribution in [3.63, 3.8) is 0 Å². The second-order valence-corrected chi connectivity index (χ2v) is 5.22. The second-order valence-electron chi connectivity index (χ2n) is 5.22. The first-order chi connectivity index (χ1) is 11.1. The van der Waals surface area contributed by atoms with Gasteiger partial charge in [-0.2, -0.15) is 0 Å². The molecule has 1 atom stereocenters. The minimum atomic E-state index is -0.861. The van der Waals surface area contributed by atoms with Crippen LogP contribution in [0.2, 0.25) is 0 Å². The van der Waals surface area contributed by atoms with Crippen molar-refractivity contribution in [2.24, 2.45) is 0 Å². The Morgan fingerprint density at radius 3 is 2.52 bits per heavy atom. The lowest BCUT2D eigenvalue weighted by atomic mass is 10.1. The van der Waals surface area contributed by atoms with Crippen LogP contribution in [0.5, 0.6) is 0 Å². The molecule has 0 spiro atoms. The first-order valence-electron chi connectivity index (χ1n) is 7.47. The number of aldehydes is 1. The molecule has 7 heteroatoms. The molecule has 0 aliphatic carbocycles. The largest absolute Gasteiger partial charge is 0.333 e. The van der Waals surface area contributed by atoms with Gasteiger partial charge in [-0.05, 0) is 18.9 Å². The first-order valence-corrected chi connectivity index (χ1v) is 7.47. The van der Waals surface area contributed by atoms with Gasteiger partial charge in [0.1, 0.15) is 6.29 Å². The molecule has 0 radical (unpaired) electrons. The lowest BCUT2D eigenvalue weighted by Gasteiger charge is -2.32. The topological polar surface area (TPSA) is 86.8 Å². The Morgan fingerprint density at radius 2 is 1.91 bits per heavy atom. The van der Waals surface area contributed by atoms with Crippen LogP contribution in [0.15, 0.2) is 30.3 Å². The summed E-state index contributed by atoms with van der Waals surface area (Å²) in [6.07, 6.45) is 0.951. The number of carbonyl (C=O) groups excluding carboxylic acids is 4. The molecule has 0 aromatic heterocycles. The predicted molar refractivity (Wildman–Crippen MR) is 82.5 cm³/mol. The molecule has 4 amide bonds. The average molecular weight is 317 g/mol. The minimum Gasteiger partial charge on any atom is -0.333 e. The van der Waals surface area contributed by atoms with E-state index in [9.17, 15) is 19.2 Å². The highest BCUT2D eigenvalue weighted by Crippen LogP contribution is 2.07.